The van der Waals surface area contributed by atoms with E-state index in [1.54, 1.807) is 12.1 Å². The third kappa shape index (κ3) is 2.89. The molecule has 1 atom stereocenters. The summed E-state index contributed by atoms with van der Waals surface area (Å²) in [5.41, 5.74) is -2.40. The van der Waals surface area contributed by atoms with Crippen molar-refractivity contribution in [3.05, 3.63) is 51.0 Å². The number of fused-ring (bicyclic) bond motifs is 3. The zero-order valence-electron chi connectivity index (χ0n) is 13.3. The number of hydrogen-bond acceptors (Lipinski definition) is 5. The molecule has 0 aliphatic heterocycles. The first kappa shape index (κ1) is 18.5. The summed E-state index contributed by atoms with van der Waals surface area (Å²) < 4.78 is 36.2. The van der Waals surface area contributed by atoms with Crippen LogP contribution in [0.2, 0.25) is 0 Å². The number of nitrogens with zero attached hydrogens (tertiary/aromatic N) is 1. The predicted molar refractivity (Wildman–Crippen MR) is 94.5 cm³/mol. The number of H-pyrrole nitrogens is 1. The molecule has 0 aliphatic carbocycles. The highest BCUT2D eigenvalue weighted by molar-refractivity contribution is 7.89. The van der Waals surface area contributed by atoms with E-state index in [0.29, 0.717) is 4.57 Å². The van der Waals surface area contributed by atoms with E-state index in [2.05, 4.69) is 4.98 Å². The number of rotatable bonds is 3. The minimum absolute atomic E-state index is 0.0675. The number of hydrogen-bond donors (Lipinski definition) is 4. The number of aromatic amines is 1. The van der Waals surface area contributed by atoms with Crippen LogP contribution >= 0.6 is 7.60 Å². The van der Waals surface area contributed by atoms with Gasteiger partial charge in [-0.25, -0.2) is 13.6 Å². The molecule has 5 N–H and O–H groups in total. The highest BCUT2D eigenvalue weighted by Crippen LogP contribution is 2.48. The topological polar surface area (TPSA) is 173 Å². The fourth-order valence-electron chi connectivity index (χ4n) is 2.79. The average Bonchev–Trinajstić information content (AvgIpc) is 2.53. The Labute approximate surface area is 146 Å². The number of nitrogens with two attached hydrogens (primary N) is 1. The summed E-state index contributed by atoms with van der Waals surface area (Å²) in [4.78, 5) is 45.2. The SMILES string of the molecule is CC(n1c(=O)c(=O)[nH]c2c3ccccc3c(S(N)(=O)=O)cc21)P(=O)(O)O. The number of sulfonamides is 1. The Hall–Kier alpha value is -2.30. The fourth-order valence-corrected chi connectivity index (χ4v) is 4.08. The van der Waals surface area contributed by atoms with Crippen LogP contribution in [-0.4, -0.2) is 27.8 Å². The predicted octanol–water partition coefficient (Wildman–Crippen LogP) is 0.187. The van der Waals surface area contributed by atoms with Gasteiger partial charge in [-0.15, -0.1) is 0 Å². The molecule has 3 rings (SSSR count). The van der Waals surface area contributed by atoms with Crippen LogP contribution in [0.4, 0.5) is 0 Å². The second-order valence-electron chi connectivity index (χ2n) is 5.71. The van der Waals surface area contributed by atoms with Crippen molar-refractivity contribution in [2.24, 2.45) is 5.14 Å². The number of benzene rings is 2. The molecule has 0 spiro atoms. The van der Waals surface area contributed by atoms with Gasteiger partial charge in [-0.1, -0.05) is 24.3 Å². The summed E-state index contributed by atoms with van der Waals surface area (Å²) in [5.74, 6) is -1.69. The Bertz CT molecular complexity index is 1320. The maximum Gasteiger partial charge on any atom is 0.347 e. The Kier molecular flexibility index (Phi) is 4.17. The summed E-state index contributed by atoms with van der Waals surface area (Å²) in [6.45, 7) is 1.06. The Morgan fingerprint density at radius 1 is 1.19 bits per heavy atom. The Balaban J connectivity index is 2.68. The van der Waals surface area contributed by atoms with Crippen LogP contribution in [0.15, 0.2) is 44.8 Å². The van der Waals surface area contributed by atoms with Crippen molar-refractivity contribution in [3.8, 4) is 0 Å². The summed E-state index contributed by atoms with van der Waals surface area (Å²) in [6.07, 6.45) is 0. The standard InChI is InChI=1S/C14H14N3O7PS/c1-7(25(20,21)22)17-10-6-11(26(15,23)24)8-4-2-3-5-9(8)12(10)16-13(18)14(17)19/h2-7H,1H3,(H,16,18)(H2,15,23,24)(H2,20,21,22). The summed E-state index contributed by atoms with van der Waals surface area (Å²) in [5, 5.41) is 5.72. The van der Waals surface area contributed by atoms with Gasteiger partial charge in [0.25, 0.3) is 0 Å². The molecule has 0 radical (unpaired) electrons. The largest absolute Gasteiger partial charge is 0.347 e. The minimum Gasteiger partial charge on any atom is -0.323 e. The van der Waals surface area contributed by atoms with E-state index in [1.807, 2.05) is 0 Å². The molecule has 0 aliphatic rings. The van der Waals surface area contributed by atoms with E-state index in [4.69, 9.17) is 5.14 Å². The van der Waals surface area contributed by atoms with E-state index in [1.165, 1.54) is 12.1 Å². The highest BCUT2D eigenvalue weighted by atomic mass is 32.2. The third-order valence-corrected chi connectivity index (χ3v) is 6.22. The molecular weight excluding hydrogens is 385 g/mol. The molecule has 12 heteroatoms. The van der Waals surface area contributed by atoms with Gasteiger partial charge in [0.05, 0.1) is 15.9 Å². The van der Waals surface area contributed by atoms with E-state index < -0.39 is 34.5 Å². The first-order valence-corrected chi connectivity index (χ1v) is 10.4. The molecule has 26 heavy (non-hydrogen) atoms. The van der Waals surface area contributed by atoms with Crippen molar-refractivity contribution in [1.29, 1.82) is 0 Å². The smallest absolute Gasteiger partial charge is 0.323 e. The van der Waals surface area contributed by atoms with E-state index in [-0.39, 0.29) is 26.7 Å². The lowest BCUT2D eigenvalue weighted by atomic mass is 10.1. The van der Waals surface area contributed by atoms with Gasteiger partial charge in [-0.2, -0.15) is 0 Å². The van der Waals surface area contributed by atoms with Crippen molar-refractivity contribution in [3.63, 3.8) is 0 Å². The molecular formula is C14H14N3O7PS. The second-order valence-corrected chi connectivity index (χ2v) is 9.17. The quantitative estimate of drug-likeness (QED) is 0.276. The number of primary sulfonamides is 1. The number of aromatic nitrogens is 2. The van der Waals surface area contributed by atoms with Gasteiger partial charge in [0, 0.05) is 10.8 Å². The molecule has 0 bridgehead atoms. The van der Waals surface area contributed by atoms with Gasteiger partial charge >= 0.3 is 18.7 Å². The van der Waals surface area contributed by atoms with Gasteiger partial charge in [0.15, 0.2) is 0 Å². The van der Waals surface area contributed by atoms with Crippen LogP contribution in [0, 0.1) is 0 Å². The lowest BCUT2D eigenvalue weighted by Crippen LogP contribution is -2.38. The second kappa shape index (κ2) is 5.86. The van der Waals surface area contributed by atoms with Gasteiger partial charge < -0.3 is 14.8 Å². The van der Waals surface area contributed by atoms with Crippen molar-refractivity contribution < 1.29 is 22.8 Å². The van der Waals surface area contributed by atoms with Crippen molar-refractivity contribution >= 4 is 39.4 Å². The summed E-state index contributed by atoms with van der Waals surface area (Å²) >= 11 is 0. The van der Waals surface area contributed by atoms with E-state index in [0.717, 1.165) is 13.0 Å². The maximum atomic E-state index is 12.3. The maximum absolute atomic E-state index is 12.3. The monoisotopic (exact) mass is 399 g/mol. The molecule has 2 aromatic carbocycles. The fraction of sp³-hybridized carbons (Fsp3) is 0.143. The molecule has 138 valence electrons. The van der Waals surface area contributed by atoms with Crippen molar-refractivity contribution in [2.75, 3.05) is 0 Å². The molecule has 0 saturated heterocycles. The van der Waals surface area contributed by atoms with Crippen LogP contribution in [-0.2, 0) is 14.6 Å². The van der Waals surface area contributed by atoms with Crippen molar-refractivity contribution in [2.45, 2.75) is 17.6 Å². The van der Waals surface area contributed by atoms with Gasteiger partial charge in [-0.3, -0.25) is 18.7 Å². The number of nitrogens with one attached hydrogen (secondary N) is 1. The van der Waals surface area contributed by atoms with Gasteiger partial charge in [0.2, 0.25) is 10.0 Å². The Morgan fingerprint density at radius 3 is 2.31 bits per heavy atom. The first-order valence-electron chi connectivity index (χ1n) is 7.21. The molecule has 0 fully saturated rings. The third-order valence-electron chi connectivity index (χ3n) is 4.06. The first-order chi connectivity index (χ1) is 11.9. The minimum atomic E-state index is -4.82. The van der Waals surface area contributed by atoms with Crippen LogP contribution < -0.4 is 16.3 Å². The molecule has 0 amide bonds. The molecule has 3 aromatic rings. The molecule has 1 unspecified atom stereocenters. The zero-order valence-corrected chi connectivity index (χ0v) is 15.0. The van der Waals surface area contributed by atoms with E-state index >= 15 is 0 Å². The van der Waals surface area contributed by atoms with Crippen LogP contribution in [0.5, 0.6) is 0 Å². The average molecular weight is 399 g/mol. The molecule has 0 saturated carbocycles. The Morgan fingerprint density at radius 2 is 1.77 bits per heavy atom. The molecule has 1 aromatic heterocycles. The van der Waals surface area contributed by atoms with Gasteiger partial charge in [0.1, 0.15) is 5.78 Å². The van der Waals surface area contributed by atoms with Crippen molar-refractivity contribution in [1.82, 2.24) is 9.55 Å². The molecule has 10 nitrogen and oxygen atoms in total. The lowest BCUT2D eigenvalue weighted by Gasteiger charge is -2.19. The van der Waals surface area contributed by atoms with Crippen LogP contribution in [0.25, 0.3) is 21.8 Å². The molecule has 1 heterocycles. The van der Waals surface area contributed by atoms with Crippen LogP contribution in [0.1, 0.15) is 12.7 Å². The van der Waals surface area contributed by atoms with Gasteiger partial charge in [-0.05, 0) is 13.0 Å². The summed E-state index contributed by atoms with van der Waals surface area (Å²) in [7, 11) is -9.04. The summed E-state index contributed by atoms with van der Waals surface area (Å²) in [6, 6.07) is 7.13. The van der Waals surface area contributed by atoms with E-state index in [9.17, 15) is 32.4 Å². The normalized spacial score (nSPS) is 14.0. The van der Waals surface area contributed by atoms with Crippen LogP contribution in [0.3, 0.4) is 0 Å². The zero-order chi connectivity index (χ0) is 19.4. The highest BCUT2D eigenvalue weighted by Gasteiger charge is 2.30. The lowest BCUT2D eigenvalue weighted by molar-refractivity contribution is 0.346.